The van der Waals surface area contributed by atoms with Crippen LogP contribution in [0.1, 0.15) is 107 Å². The molecule has 1 unspecified atom stereocenters. The monoisotopic (exact) mass is 572 g/mol. The highest BCUT2D eigenvalue weighted by molar-refractivity contribution is 5.73. The van der Waals surface area contributed by atoms with Crippen LogP contribution in [0.25, 0.3) is 0 Å². The summed E-state index contributed by atoms with van der Waals surface area (Å²) in [6.07, 6.45) is 12.3. The van der Waals surface area contributed by atoms with E-state index in [2.05, 4.69) is 6.92 Å². The van der Waals surface area contributed by atoms with Crippen LogP contribution in [0.2, 0.25) is 0 Å². The summed E-state index contributed by atoms with van der Waals surface area (Å²) in [7, 11) is 0. The van der Waals surface area contributed by atoms with Crippen molar-refractivity contribution in [3.63, 3.8) is 0 Å². The molecule has 0 aliphatic carbocycles. The standard InChI is InChI=1S/C36H44O6/c1-3-4-5-6-7-8-9-10-14-17-36(38)41-31-21-22-32(35(25-31)40-27(2)37)33-23-19-29-18-20-30(24-34(29)42-33)39-26-28-15-12-11-13-16-28/h11-13,15-16,18,20-22,24-25,33H,3-10,14,17,19,23,26H2,1-2H3. The summed E-state index contributed by atoms with van der Waals surface area (Å²) < 4.78 is 23.5. The van der Waals surface area contributed by atoms with E-state index >= 15 is 0 Å². The Hall–Kier alpha value is -3.80. The van der Waals surface area contributed by atoms with Crippen molar-refractivity contribution in [2.45, 2.75) is 104 Å². The smallest absolute Gasteiger partial charge is 0.311 e. The first-order valence-corrected chi connectivity index (χ1v) is 15.5. The number of hydrogen-bond donors (Lipinski definition) is 0. The first kappa shape index (κ1) is 31.1. The van der Waals surface area contributed by atoms with Gasteiger partial charge in [0, 0.05) is 31.0 Å². The molecule has 0 bridgehead atoms. The van der Waals surface area contributed by atoms with Crippen molar-refractivity contribution >= 4 is 11.9 Å². The predicted molar refractivity (Wildman–Crippen MR) is 164 cm³/mol. The molecule has 0 saturated heterocycles. The maximum absolute atomic E-state index is 12.5. The molecule has 6 heteroatoms. The van der Waals surface area contributed by atoms with Gasteiger partial charge < -0.3 is 18.9 Å². The molecule has 1 aliphatic rings. The molecule has 42 heavy (non-hydrogen) atoms. The van der Waals surface area contributed by atoms with E-state index in [9.17, 15) is 9.59 Å². The third kappa shape index (κ3) is 9.93. The zero-order valence-electron chi connectivity index (χ0n) is 25.1. The highest BCUT2D eigenvalue weighted by Gasteiger charge is 2.26. The number of carbonyl (C=O) groups is 2. The fourth-order valence-corrected chi connectivity index (χ4v) is 5.25. The van der Waals surface area contributed by atoms with E-state index in [0.717, 1.165) is 60.3 Å². The molecule has 1 atom stereocenters. The number of fused-ring (bicyclic) bond motifs is 1. The summed E-state index contributed by atoms with van der Waals surface area (Å²) in [5, 5.41) is 0. The quantitative estimate of drug-likeness (QED) is 0.0968. The average Bonchev–Trinajstić information content (AvgIpc) is 2.99. The van der Waals surface area contributed by atoms with Gasteiger partial charge in [0.2, 0.25) is 0 Å². The molecule has 0 aromatic heterocycles. The van der Waals surface area contributed by atoms with E-state index in [-0.39, 0.29) is 12.1 Å². The van der Waals surface area contributed by atoms with Gasteiger partial charge in [-0.15, -0.1) is 0 Å². The van der Waals surface area contributed by atoms with Crippen LogP contribution in [0.15, 0.2) is 66.7 Å². The predicted octanol–water partition coefficient (Wildman–Crippen LogP) is 9.08. The fraction of sp³-hybridized carbons (Fsp3) is 0.444. The van der Waals surface area contributed by atoms with E-state index < -0.39 is 5.97 Å². The molecular formula is C36H44O6. The first-order valence-electron chi connectivity index (χ1n) is 15.5. The molecule has 0 N–H and O–H groups in total. The normalized spacial score (nSPS) is 14.0. The van der Waals surface area contributed by atoms with Crippen LogP contribution in [0.3, 0.4) is 0 Å². The molecule has 0 spiro atoms. The Morgan fingerprint density at radius 2 is 1.52 bits per heavy atom. The molecule has 6 nitrogen and oxygen atoms in total. The second-order valence-electron chi connectivity index (χ2n) is 11.0. The van der Waals surface area contributed by atoms with E-state index in [1.54, 1.807) is 12.1 Å². The Morgan fingerprint density at radius 3 is 2.26 bits per heavy atom. The molecule has 0 saturated carbocycles. The lowest BCUT2D eigenvalue weighted by atomic mass is 9.96. The van der Waals surface area contributed by atoms with E-state index in [1.165, 1.54) is 45.4 Å². The minimum Gasteiger partial charge on any atom is -0.489 e. The number of rotatable bonds is 16. The Balaban J connectivity index is 1.32. The number of esters is 2. The van der Waals surface area contributed by atoms with Crippen molar-refractivity contribution in [1.29, 1.82) is 0 Å². The lowest BCUT2D eigenvalue weighted by Crippen LogP contribution is -2.17. The highest BCUT2D eigenvalue weighted by Crippen LogP contribution is 2.41. The summed E-state index contributed by atoms with van der Waals surface area (Å²) >= 11 is 0. The van der Waals surface area contributed by atoms with Gasteiger partial charge in [0.05, 0.1) is 0 Å². The number of aryl methyl sites for hydroxylation is 1. The summed E-state index contributed by atoms with van der Waals surface area (Å²) in [4.78, 5) is 24.4. The minimum absolute atomic E-state index is 0.273. The fourth-order valence-electron chi connectivity index (χ4n) is 5.25. The molecule has 0 radical (unpaired) electrons. The second kappa shape index (κ2) is 16.6. The van der Waals surface area contributed by atoms with Crippen LogP contribution >= 0.6 is 0 Å². The van der Waals surface area contributed by atoms with E-state index in [4.69, 9.17) is 18.9 Å². The number of benzene rings is 3. The van der Waals surface area contributed by atoms with E-state index in [0.29, 0.717) is 24.5 Å². The Kier molecular flexibility index (Phi) is 12.3. The molecule has 3 aromatic carbocycles. The Bertz CT molecular complexity index is 1290. The molecular weight excluding hydrogens is 528 g/mol. The van der Waals surface area contributed by atoms with Crippen LogP contribution in [0, 0.1) is 0 Å². The van der Waals surface area contributed by atoms with Crippen molar-refractivity contribution < 1.29 is 28.5 Å². The van der Waals surface area contributed by atoms with Crippen molar-refractivity contribution in [2.75, 3.05) is 0 Å². The van der Waals surface area contributed by atoms with Gasteiger partial charge >= 0.3 is 11.9 Å². The van der Waals surface area contributed by atoms with Crippen molar-refractivity contribution in [3.05, 3.63) is 83.4 Å². The SMILES string of the molecule is CCCCCCCCCCCC(=O)Oc1ccc(C2CCc3ccc(OCc4ccccc4)cc3O2)c(OC(C)=O)c1. The third-order valence-corrected chi connectivity index (χ3v) is 7.53. The summed E-state index contributed by atoms with van der Waals surface area (Å²) in [5.41, 5.74) is 2.94. The van der Waals surface area contributed by atoms with Crippen LogP contribution < -0.4 is 18.9 Å². The molecule has 4 rings (SSSR count). The van der Waals surface area contributed by atoms with Crippen LogP contribution in [-0.4, -0.2) is 11.9 Å². The van der Waals surface area contributed by atoms with Crippen LogP contribution in [0.5, 0.6) is 23.0 Å². The highest BCUT2D eigenvalue weighted by atomic mass is 16.5. The number of carbonyl (C=O) groups excluding carboxylic acids is 2. The van der Waals surface area contributed by atoms with Gasteiger partial charge in [0.25, 0.3) is 0 Å². The van der Waals surface area contributed by atoms with Gasteiger partial charge in [-0.3, -0.25) is 9.59 Å². The zero-order valence-corrected chi connectivity index (χ0v) is 25.1. The van der Waals surface area contributed by atoms with Gasteiger partial charge in [0.1, 0.15) is 35.7 Å². The molecule has 3 aromatic rings. The van der Waals surface area contributed by atoms with Gasteiger partial charge in [-0.2, -0.15) is 0 Å². The van der Waals surface area contributed by atoms with Gasteiger partial charge in [0.15, 0.2) is 0 Å². The Morgan fingerprint density at radius 1 is 0.810 bits per heavy atom. The van der Waals surface area contributed by atoms with Gasteiger partial charge in [-0.1, -0.05) is 94.7 Å². The van der Waals surface area contributed by atoms with Crippen LogP contribution in [-0.2, 0) is 22.6 Å². The molecule has 1 heterocycles. The first-order chi connectivity index (χ1) is 20.5. The lowest BCUT2D eigenvalue weighted by Gasteiger charge is -2.28. The number of hydrogen-bond acceptors (Lipinski definition) is 6. The third-order valence-electron chi connectivity index (χ3n) is 7.53. The minimum atomic E-state index is -0.442. The summed E-state index contributed by atoms with van der Waals surface area (Å²) in [5.74, 6) is 1.48. The van der Waals surface area contributed by atoms with Gasteiger partial charge in [-0.05, 0) is 48.6 Å². The molecule has 1 aliphatic heterocycles. The molecule has 224 valence electrons. The zero-order chi connectivity index (χ0) is 29.6. The number of unbranched alkanes of at least 4 members (excludes halogenated alkanes) is 8. The maximum atomic E-state index is 12.5. The summed E-state index contributed by atoms with van der Waals surface area (Å²) in [6.45, 7) is 4.06. The average molecular weight is 573 g/mol. The van der Waals surface area contributed by atoms with Crippen molar-refractivity contribution in [1.82, 2.24) is 0 Å². The Labute approximate surface area is 250 Å². The largest absolute Gasteiger partial charge is 0.489 e. The molecule has 0 fully saturated rings. The summed E-state index contributed by atoms with van der Waals surface area (Å²) in [6, 6.07) is 21.1. The second-order valence-corrected chi connectivity index (χ2v) is 11.0. The number of ether oxygens (including phenoxy) is 4. The van der Waals surface area contributed by atoms with Crippen molar-refractivity contribution in [2.24, 2.45) is 0 Å². The van der Waals surface area contributed by atoms with E-state index in [1.807, 2.05) is 54.6 Å². The topological polar surface area (TPSA) is 71.1 Å². The van der Waals surface area contributed by atoms with Gasteiger partial charge in [-0.25, -0.2) is 0 Å². The maximum Gasteiger partial charge on any atom is 0.311 e. The molecule has 0 amide bonds. The van der Waals surface area contributed by atoms with Crippen LogP contribution in [0.4, 0.5) is 0 Å². The van der Waals surface area contributed by atoms with Crippen molar-refractivity contribution in [3.8, 4) is 23.0 Å². The lowest BCUT2D eigenvalue weighted by molar-refractivity contribution is -0.134.